The van der Waals surface area contributed by atoms with Gasteiger partial charge in [0.1, 0.15) is 0 Å². The van der Waals surface area contributed by atoms with Crippen molar-refractivity contribution >= 4 is 52.9 Å². The molecule has 4 rings (SSSR count). The minimum absolute atomic E-state index is 0.283. The van der Waals surface area contributed by atoms with E-state index in [0.717, 1.165) is 0 Å². The van der Waals surface area contributed by atoms with Crippen LogP contribution in [0.3, 0.4) is 0 Å². The fraction of sp³-hybridized carbons (Fsp3) is 0.314. The van der Waals surface area contributed by atoms with Crippen molar-refractivity contribution in [2.24, 2.45) is 0 Å². The predicted molar refractivity (Wildman–Crippen MR) is 189 cm³/mol. The first kappa shape index (κ1) is 32.1. The van der Waals surface area contributed by atoms with Crippen LogP contribution in [0.15, 0.2) is 121 Å². The summed E-state index contributed by atoms with van der Waals surface area (Å²) in [7, 11) is 0.192. The summed E-state index contributed by atoms with van der Waals surface area (Å²) < 4.78 is 0. The number of rotatable bonds is 13. The van der Waals surface area contributed by atoms with E-state index in [-0.39, 0.29) is 15.8 Å². The largest absolute Gasteiger partial charge is 0.113 e. The molecule has 0 aliphatic carbocycles. The topological polar surface area (TPSA) is 0 Å². The highest BCUT2D eigenvalue weighted by atomic mass is 31.1. The number of benzene rings is 4. The van der Waals surface area contributed by atoms with Crippen molar-refractivity contribution < 1.29 is 0 Å². The van der Waals surface area contributed by atoms with Crippen LogP contribution in [0.1, 0.15) is 19.3 Å². The van der Waals surface area contributed by atoms with E-state index >= 15 is 0 Å². The molecule has 39 heavy (non-hydrogen) atoms. The molecule has 0 N–H and O–H groups in total. The molecule has 0 radical (unpaired) electrons. The van der Waals surface area contributed by atoms with Gasteiger partial charge in [0.15, 0.2) is 0 Å². The van der Waals surface area contributed by atoms with Gasteiger partial charge in [-0.25, -0.2) is 0 Å². The highest BCUT2D eigenvalue weighted by molar-refractivity contribution is 7.73. The lowest BCUT2D eigenvalue weighted by atomic mass is 10.4. The van der Waals surface area contributed by atoms with Gasteiger partial charge < -0.3 is 0 Å². The van der Waals surface area contributed by atoms with Gasteiger partial charge >= 0.3 is 0 Å². The second-order valence-corrected chi connectivity index (χ2v) is 20.2. The van der Waals surface area contributed by atoms with Gasteiger partial charge in [0, 0.05) is 0 Å². The second kappa shape index (κ2) is 18.9. The van der Waals surface area contributed by atoms with Gasteiger partial charge in [0.2, 0.25) is 0 Å². The lowest BCUT2D eigenvalue weighted by Crippen LogP contribution is -2.15. The zero-order valence-electron chi connectivity index (χ0n) is 24.3. The fourth-order valence-electron chi connectivity index (χ4n) is 4.49. The molecule has 0 nitrogen and oxygen atoms in total. The molecule has 0 aliphatic heterocycles. The van der Waals surface area contributed by atoms with Crippen LogP contribution in [0.25, 0.3) is 0 Å². The average Bonchev–Trinajstić information content (AvgIpc) is 2.97. The molecule has 0 heterocycles. The summed E-state index contributed by atoms with van der Waals surface area (Å²) in [6.45, 7) is 9.46. The maximum absolute atomic E-state index is 2.36. The second-order valence-electron chi connectivity index (χ2n) is 10.3. The van der Waals surface area contributed by atoms with Crippen molar-refractivity contribution in [1.82, 2.24) is 0 Å². The summed E-state index contributed by atoms with van der Waals surface area (Å²) in [5, 5.41) is 5.97. The van der Waals surface area contributed by atoms with Crippen LogP contribution in [-0.2, 0) is 0 Å². The van der Waals surface area contributed by atoms with Gasteiger partial charge in [-0.1, -0.05) is 121 Å². The molecule has 0 aromatic heterocycles. The quantitative estimate of drug-likeness (QED) is 0.108. The molecule has 0 saturated heterocycles. The minimum atomic E-state index is -0.283. The van der Waals surface area contributed by atoms with Gasteiger partial charge in [-0.2, -0.15) is 0 Å². The molecule has 0 unspecified atom stereocenters. The first-order chi connectivity index (χ1) is 19.0. The Hall–Kier alpha value is -1.40. The maximum atomic E-state index is 2.36. The minimum Gasteiger partial charge on any atom is -0.113 e. The third-order valence-corrected chi connectivity index (χ3v) is 14.1. The first-order valence-electron chi connectivity index (χ1n) is 14.1. The lowest BCUT2D eigenvalue weighted by molar-refractivity contribution is 0.902. The zero-order chi connectivity index (χ0) is 27.7. The predicted octanol–water partition coefficient (Wildman–Crippen LogP) is 8.89. The molecule has 0 amide bonds. The Morgan fingerprint density at radius 3 is 0.821 bits per heavy atom. The molecule has 0 aliphatic rings. The van der Waals surface area contributed by atoms with Crippen LogP contribution in [0.4, 0.5) is 0 Å². The summed E-state index contributed by atoms with van der Waals surface area (Å²) in [5.74, 6) is 0. The lowest BCUT2D eigenvalue weighted by Gasteiger charge is -2.21. The molecule has 0 fully saturated rings. The van der Waals surface area contributed by atoms with Crippen molar-refractivity contribution in [3.63, 3.8) is 0 Å². The van der Waals surface area contributed by atoms with Crippen LogP contribution in [0, 0.1) is 0 Å². The molecule has 4 aromatic carbocycles. The van der Waals surface area contributed by atoms with Crippen LogP contribution in [0.5, 0.6) is 0 Å². The van der Waals surface area contributed by atoms with Gasteiger partial charge in [-0.05, 0) is 108 Å². The monoisotopic (exact) mass is 590 g/mol. The Kier molecular flexibility index (Phi) is 15.5. The van der Waals surface area contributed by atoms with E-state index in [2.05, 4.69) is 148 Å². The molecule has 0 saturated carbocycles. The van der Waals surface area contributed by atoms with Gasteiger partial charge in [0.05, 0.1) is 0 Å². The van der Waals surface area contributed by atoms with Crippen LogP contribution in [0.2, 0.25) is 0 Å². The van der Waals surface area contributed by atoms with Crippen LogP contribution < -0.4 is 21.2 Å². The molecule has 206 valence electrons. The van der Waals surface area contributed by atoms with Crippen LogP contribution >= 0.6 is 31.7 Å². The average molecular weight is 591 g/mol. The van der Waals surface area contributed by atoms with Gasteiger partial charge in [-0.3, -0.25) is 0 Å². The Morgan fingerprint density at radius 2 is 0.590 bits per heavy atom. The Morgan fingerprint density at radius 1 is 0.333 bits per heavy atom. The maximum Gasteiger partial charge on any atom is -0.0195 e. The molecule has 4 heteroatoms. The first-order valence-corrected chi connectivity index (χ1v) is 22.0. The summed E-state index contributed by atoms with van der Waals surface area (Å²) >= 11 is 0. The summed E-state index contributed by atoms with van der Waals surface area (Å²) in [6.07, 6.45) is 9.50. The standard InChI is InChI=1S/C28H28P2.C7H18P2/c1-5-15-25(16-6-1)29(26-17-7-2-8-18-26)23-13-14-24-30(27-19-9-3-10-20-27)28-21-11-4-12-22-28;1-8(2)6-5-7-9(3)4/h1-12,15-22H,13-14,23-24H2;5-7H2,1-4H3. The normalized spacial score (nSPS) is 11.2. The molecule has 4 aromatic rings. The SMILES string of the molecule is CP(C)CCCP(C)C.c1ccc(P(CCCCP(c2ccccc2)c2ccccc2)c2ccccc2)cc1. The number of hydrogen-bond donors (Lipinski definition) is 0. The molecular weight excluding hydrogens is 544 g/mol. The number of hydrogen-bond acceptors (Lipinski definition) is 0. The Balaban J connectivity index is 0.000000403. The zero-order valence-corrected chi connectivity index (χ0v) is 27.9. The molecule has 0 bridgehead atoms. The van der Waals surface area contributed by atoms with Crippen molar-refractivity contribution in [1.29, 1.82) is 0 Å². The molecule has 0 atom stereocenters. The number of unbranched alkanes of at least 4 members (excludes halogenated alkanes) is 1. The fourth-order valence-corrected chi connectivity index (χ4v) is 11.2. The van der Waals surface area contributed by atoms with E-state index in [1.807, 2.05) is 0 Å². The van der Waals surface area contributed by atoms with E-state index in [1.165, 1.54) is 65.1 Å². The van der Waals surface area contributed by atoms with Gasteiger partial charge in [-0.15, -0.1) is 15.8 Å². The summed E-state index contributed by atoms with van der Waals surface area (Å²) in [5.41, 5.74) is 0. The van der Waals surface area contributed by atoms with Gasteiger partial charge in [0.25, 0.3) is 0 Å². The Labute approximate surface area is 244 Å². The highest BCUT2D eigenvalue weighted by Gasteiger charge is 2.16. The summed E-state index contributed by atoms with van der Waals surface area (Å²) in [4.78, 5) is 0. The van der Waals surface area contributed by atoms with Crippen molar-refractivity contribution in [2.45, 2.75) is 19.3 Å². The summed E-state index contributed by atoms with van der Waals surface area (Å²) in [6, 6.07) is 44.3. The van der Waals surface area contributed by atoms with E-state index in [9.17, 15) is 0 Å². The van der Waals surface area contributed by atoms with E-state index < -0.39 is 0 Å². The third-order valence-electron chi connectivity index (χ3n) is 6.50. The molecule has 0 spiro atoms. The Bertz CT molecular complexity index is 960. The van der Waals surface area contributed by atoms with E-state index in [4.69, 9.17) is 0 Å². The van der Waals surface area contributed by atoms with Crippen molar-refractivity contribution in [2.75, 3.05) is 51.3 Å². The smallest absolute Gasteiger partial charge is 0.0195 e. The van der Waals surface area contributed by atoms with Crippen molar-refractivity contribution in [3.8, 4) is 0 Å². The van der Waals surface area contributed by atoms with Crippen molar-refractivity contribution in [3.05, 3.63) is 121 Å². The third kappa shape index (κ3) is 12.3. The molecular formula is C35H46P4. The van der Waals surface area contributed by atoms with E-state index in [1.54, 1.807) is 0 Å². The van der Waals surface area contributed by atoms with Crippen LogP contribution in [-0.4, -0.2) is 51.3 Å². The van der Waals surface area contributed by atoms with E-state index in [0.29, 0.717) is 15.8 Å². The highest BCUT2D eigenvalue weighted by Crippen LogP contribution is 2.38.